The van der Waals surface area contributed by atoms with Crippen molar-refractivity contribution in [2.75, 3.05) is 26.2 Å². The fourth-order valence-electron chi connectivity index (χ4n) is 3.59. The van der Waals surface area contributed by atoms with Crippen molar-refractivity contribution < 1.29 is 4.74 Å². The molecule has 1 N–H and O–H groups in total. The lowest BCUT2D eigenvalue weighted by atomic mass is 9.89. The van der Waals surface area contributed by atoms with Crippen molar-refractivity contribution in [1.29, 1.82) is 0 Å². The van der Waals surface area contributed by atoms with E-state index in [2.05, 4.69) is 48.3 Å². The lowest BCUT2D eigenvalue weighted by Crippen LogP contribution is -2.44. The van der Waals surface area contributed by atoms with Crippen molar-refractivity contribution in [3.8, 4) is 5.75 Å². The highest BCUT2D eigenvalue weighted by atomic mass is 16.5. The highest BCUT2D eigenvalue weighted by Crippen LogP contribution is 2.40. The largest absolute Gasteiger partial charge is 0.493 e. The Kier molecular flexibility index (Phi) is 3.76. The second kappa shape index (κ2) is 5.51. The molecule has 1 saturated heterocycles. The van der Waals surface area contributed by atoms with E-state index >= 15 is 0 Å². The van der Waals surface area contributed by atoms with Crippen molar-refractivity contribution in [3.05, 3.63) is 29.8 Å². The average Bonchev–Trinajstić information content (AvgIpc) is 2.96. The van der Waals surface area contributed by atoms with Gasteiger partial charge < -0.3 is 10.1 Å². The number of nitrogens with one attached hydrogen (secondary N) is 1. The Morgan fingerprint density at radius 2 is 2.21 bits per heavy atom. The highest BCUT2D eigenvalue weighted by Gasteiger charge is 2.35. The molecule has 1 aromatic carbocycles. The number of likely N-dealkylation sites (N-methyl/N-ethyl adjacent to an activating group) is 1. The average molecular weight is 260 g/mol. The molecule has 3 rings (SSSR count). The fourth-order valence-corrected chi connectivity index (χ4v) is 3.59. The first-order chi connectivity index (χ1) is 9.31. The molecular weight excluding hydrogens is 236 g/mol. The summed E-state index contributed by atoms with van der Waals surface area (Å²) in [6, 6.07) is 9.71. The standard InChI is InChI=1S/C16H24N2O/c1-3-18(13-8-9-17-10-13)16-12(2)11-19-15-7-5-4-6-14(15)16/h4-7,12-13,16-17H,3,8-11H2,1-2H3. The van der Waals surface area contributed by atoms with Crippen LogP contribution in [0.1, 0.15) is 31.9 Å². The molecule has 19 heavy (non-hydrogen) atoms. The lowest BCUT2D eigenvalue weighted by molar-refractivity contribution is 0.0659. The Hall–Kier alpha value is -1.06. The molecule has 0 amide bonds. The molecule has 0 radical (unpaired) electrons. The zero-order valence-corrected chi connectivity index (χ0v) is 11.9. The van der Waals surface area contributed by atoms with Crippen LogP contribution in [0.3, 0.4) is 0 Å². The molecule has 0 bridgehead atoms. The van der Waals surface area contributed by atoms with Crippen LogP contribution in [0.5, 0.6) is 5.75 Å². The Morgan fingerprint density at radius 1 is 1.37 bits per heavy atom. The number of hydrogen-bond donors (Lipinski definition) is 1. The summed E-state index contributed by atoms with van der Waals surface area (Å²) in [5, 5.41) is 3.49. The molecule has 3 nitrogen and oxygen atoms in total. The van der Waals surface area contributed by atoms with Crippen LogP contribution in [-0.2, 0) is 0 Å². The summed E-state index contributed by atoms with van der Waals surface area (Å²) in [6.07, 6.45) is 1.26. The molecule has 3 heteroatoms. The fraction of sp³-hybridized carbons (Fsp3) is 0.625. The summed E-state index contributed by atoms with van der Waals surface area (Å²) >= 11 is 0. The molecule has 2 heterocycles. The van der Waals surface area contributed by atoms with E-state index in [9.17, 15) is 0 Å². The SMILES string of the molecule is CCN(C1CCNC1)C1c2ccccc2OCC1C. The van der Waals surface area contributed by atoms with Crippen molar-refractivity contribution in [2.24, 2.45) is 5.92 Å². The van der Waals surface area contributed by atoms with Gasteiger partial charge in [-0.3, -0.25) is 4.90 Å². The number of ether oxygens (including phenoxy) is 1. The zero-order chi connectivity index (χ0) is 13.2. The normalized spacial score (nSPS) is 30.2. The van der Waals surface area contributed by atoms with E-state index in [1.807, 2.05) is 0 Å². The lowest BCUT2D eigenvalue weighted by Gasteiger charge is -2.42. The van der Waals surface area contributed by atoms with Gasteiger partial charge in [-0.05, 0) is 25.6 Å². The Balaban J connectivity index is 1.92. The molecule has 2 aliphatic heterocycles. The number of nitrogens with zero attached hydrogens (tertiary/aromatic N) is 1. The van der Waals surface area contributed by atoms with Crippen LogP contribution in [0.4, 0.5) is 0 Å². The molecule has 3 atom stereocenters. The highest BCUT2D eigenvalue weighted by molar-refractivity contribution is 5.38. The third kappa shape index (κ3) is 2.37. The van der Waals surface area contributed by atoms with E-state index in [0.717, 1.165) is 32.0 Å². The van der Waals surface area contributed by atoms with Gasteiger partial charge in [0.1, 0.15) is 5.75 Å². The second-order valence-corrected chi connectivity index (χ2v) is 5.75. The van der Waals surface area contributed by atoms with Gasteiger partial charge in [0.15, 0.2) is 0 Å². The Morgan fingerprint density at radius 3 is 2.95 bits per heavy atom. The van der Waals surface area contributed by atoms with Crippen LogP contribution in [-0.4, -0.2) is 37.2 Å². The predicted octanol–water partition coefficient (Wildman–Crippen LogP) is 2.44. The molecular formula is C16H24N2O. The van der Waals surface area contributed by atoms with E-state index < -0.39 is 0 Å². The quantitative estimate of drug-likeness (QED) is 0.903. The molecule has 2 aliphatic rings. The van der Waals surface area contributed by atoms with Gasteiger partial charge in [0.2, 0.25) is 0 Å². The second-order valence-electron chi connectivity index (χ2n) is 5.75. The van der Waals surface area contributed by atoms with Crippen molar-refractivity contribution in [2.45, 2.75) is 32.4 Å². The van der Waals surface area contributed by atoms with Crippen LogP contribution in [0.2, 0.25) is 0 Å². The molecule has 1 aromatic rings. The number of fused-ring (bicyclic) bond motifs is 1. The molecule has 0 saturated carbocycles. The van der Waals surface area contributed by atoms with Crippen LogP contribution in [0.15, 0.2) is 24.3 Å². The number of hydrogen-bond acceptors (Lipinski definition) is 3. The number of benzene rings is 1. The Labute approximate surface area is 115 Å². The first-order valence-electron chi connectivity index (χ1n) is 7.49. The van der Waals surface area contributed by atoms with E-state index in [-0.39, 0.29) is 0 Å². The summed E-state index contributed by atoms with van der Waals surface area (Å²) < 4.78 is 5.88. The third-order valence-corrected chi connectivity index (χ3v) is 4.50. The Bertz CT molecular complexity index is 429. The minimum absolute atomic E-state index is 0.500. The summed E-state index contributed by atoms with van der Waals surface area (Å²) in [5.41, 5.74) is 1.37. The summed E-state index contributed by atoms with van der Waals surface area (Å²) in [4.78, 5) is 2.67. The maximum absolute atomic E-state index is 5.88. The number of rotatable bonds is 3. The van der Waals surface area contributed by atoms with Gasteiger partial charge in [0, 0.05) is 30.1 Å². The van der Waals surface area contributed by atoms with Crippen molar-refractivity contribution >= 4 is 0 Å². The van der Waals surface area contributed by atoms with Crippen LogP contribution in [0.25, 0.3) is 0 Å². The molecule has 0 spiro atoms. The van der Waals surface area contributed by atoms with E-state index in [1.165, 1.54) is 12.0 Å². The van der Waals surface area contributed by atoms with Crippen LogP contribution in [0, 0.1) is 5.92 Å². The summed E-state index contributed by atoms with van der Waals surface area (Å²) in [5.74, 6) is 1.63. The van der Waals surface area contributed by atoms with Crippen LogP contribution >= 0.6 is 0 Å². The smallest absolute Gasteiger partial charge is 0.124 e. The molecule has 0 aromatic heterocycles. The van der Waals surface area contributed by atoms with Gasteiger partial charge in [0.05, 0.1) is 6.61 Å². The summed E-state index contributed by atoms with van der Waals surface area (Å²) in [6.45, 7) is 8.81. The van der Waals surface area contributed by atoms with Gasteiger partial charge in [-0.2, -0.15) is 0 Å². The maximum atomic E-state index is 5.88. The van der Waals surface area contributed by atoms with Crippen LogP contribution < -0.4 is 10.1 Å². The maximum Gasteiger partial charge on any atom is 0.124 e. The summed E-state index contributed by atoms with van der Waals surface area (Å²) in [7, 11) is 0. The van der Waals surface area contributed by atoms with Gasteiger partial charge in [-0.1, -0.05) is 32.0 Å². The minimum Gasteiger partial charge on any atom is -0.493 e. The molecule has 104 valence electrons. The zero-order valence-electron chi connectivity index (χ0n) is 11.9. The number of para-hydroxylation sites is 1. The van der Waals surface area contributed by atoms with E-state index in [4.69, 9.17) is 4.74 Å². The minimum atomic E-state index is 0.500. The monoisotopic (exact) mass is 260 g/mol. The van der Waals surface area contributed by atoms with Gasteiger partial charge in [0.25, 0.3) is 0 Å². The third-order valence-electron chi connectivity index (χ3n) is 4.50. The van der Waals surface area contributed by atoms with E-state index in [0.29, 0.717) is 18.0 Å². The van der Waals surface area contributed by atoms with Crippen molar-refractivity contribution in [1.82, 2.24) is 10.2 Å². The van der Waals surface area contributed by atoms with E-state index in [1.54, 1.807) is 0 Å². The first-order valence-corrected chi connectivity index (χ1v) is 7.49. The topological polar surface area (TPSA) is 24.5 Å². The molecule has 0 aliphatic carbocycles. The van der Waals surface area contributed by atoms with Gasteiger partial charge >= 0.3 is 0 Å². The first kappa shape index (κ1) is 12.9. The predicted molar refractivity (Wildman–Crippen MR) is 77.5 cm³/mol. The van der Waals surface area contributed by atoms with Gasteiger partial charge in [-0.15, -0.1) is 0 Å². The van der Waals surface area contributed by atoms with Crippen molar-refractivity contribution in [3.63, 3.8) is 0 Å². The molecule has 3 unspecified atom stereocenters. The molecule has 1 fully saturated rings. The van der Waals surface area contributed by atoms with Gasteiger partial charge in [-0.25, -0.2) is 0 Å².